The van der Waals surface area contributed by atoms with Crippen molar-refractivity contribution in [3.8, 4) is 0 Å². The monoisotopic (exact) mass is 283 g/mol. The number of esters is 1. The van der Waals surface area contributed by atoms with Gasteiger partial charge in [-0.15, -0.1) is 0 Å². The van der Waals surface area contributed by atoms with Gasteiger partial charge in [0.1, 0.15) is 5.54 Å². The number of ether oxygens (including phenoxy) is 1. The summed E-state index contributed by atoms with van der Waals surface area (Å²) in [6.45, 7) is 0. The molecule has 0 aromatic carbocycles. The van der Waals surface area contributed by atoms with Crippen LogP contribution in [0.3, 0.4) is 0 Å². The summed E-state index contributed by atoms with van der Waals surface area (Å²) in [5.74, 6) is -0.221. The molecule has 1 saturated carbocycles. The lowest BCUT2D eigenvalue weighted by atomic mass is 9.87. The van der Waals surface area contributed by atoms with E-state index < -0.39 is 5.54 Å². The molecule has 0 aliphatic heterocycles. The molecule has 0 unspecified atom stereocenters. The fourth-order valence-electron chi connectivity index (χ4n) is 3.18. The van der Waals surface area contributed by atoms with Crippen LogP contribution < -0.4 is 5.73 Å². The molecular formula is C17H33NO2. The van der Waals surface area contributed by atoms with Gasteiger partial charge >= 0.3 is 5.97 Å². The van der Waals surface area contributed by atoms with Crippen LogP contribution in [0.25, 0.3) is 0 Å². The molecule has 20 heavy (non-hydrogen) atoms. The number of carbonyl (C=O) groups excluding carboxylic acids is 1. The Morgan fingerprint density at radius 3 is 1.35 bits per heavy atom. The predicted octanol–water partition coefficient (Wildman–Crippen LogP) is 4.33. The highest BCUT2D eigenvalue weighted by Crippen LogP contribution is 2.23. The molecule has 3 heteroatoms. The van der Waals surface area contributed by atoms with Gasteiger partial charge in [0.15, 0.2) is 0 Å². The summed E-state index contributed by atoms with van der Waals surface area (Å²) < 4.78 is 4.92. The van der Waals surface area contributed by atoms with E-state index in [4.69, 9.17) is 10.5 Å². The van der Waals surface area contributed by atoms with Crippen molar-refractivity contribution >= 4 is 5.97 Å². The van der Waals surface area contributed by atoms with Gasteiger partial charge < -0.3 is 10.5 Å². The van der Waals surface area contributed by atoms with E-state index in [1.54, 1.807) is 0 Å². The molecular weight excluding hydrogens is 250 g/mol. The highest BCUT2D eigenvalue weighted by atomic mass is 16.5. The topological polar surface area (TPSA) is 52.3 Å². The number of rotatable bonds is 1. The van der Waals surface area contributed by atoms with E-state index in [1.165, 1.54) is 71.3 Å². The van der Waals surface area contributed by atoms with Gasteiger partial charge in [0, 0.05) is 0 Å². The lowest BCUT2D eigenvalue weighted by Gasteiger charge is -2.26. The van der Waals surface area contributed by atoms with Crippen molar-refractivity contribution in [2.75, 3.05) is 7.11 Å². The highest BCUT2D eigenvalue weighted by Gasteiger charge is 2.33. The molecule has 1 aliphatic carbocycles. The number of carbonyl (C=O) groups is 1. The van der Waals surface area contributed by atoms with Gasteiger partial charge in [-0.1, -0.05) is 77.0 Å². The van der Waals surface area contributed by atoms with Gasteiger partial charge in [0.2, 0.25) is 0 Å². The van der Waals surface area contributed by atoms with Gasteiger partial charge in [-0.25, -0.2) is 0 Å². The normalized spacial score (nSPS) is 23.3. The molecule has 0 atom stereocenters. The van der Waals surface area contributed by atoms with E-state index >= 15 is 0 Å². The largest absolute Gasteiger partial charge is 0.468 e. The van der Waals surface area contributed by atoms with Gasteiger partial charge in [-0.2, -0.15) is 0 Å². The van der Waals surface area contributed by atoms with E-state index in [-0.39, 0.29) is 5.97 Å². The van der Waals surface area contributed by atoms with E-state index in [0.29, 0.717) is 0 Å². The van der Waals surface area contributed by atoms with Crippen LogP contribution in [-0.2, 0) is 9.53 Å². The van der Waals surface area contributed by atoms with Crippen molar-refractivity contribution < 1.29 is 9.53 Å². The third-order valence-electron chi connectivity index (χ3n) is 4.59. The number of methoxy groups -OCH3 is 1. The Hall–Kier alpha value is -0.570. The lowest BCUT2D eigenvalue weighted by Crippen LogP contribution is -2.48. The molecule has 118 valence electrons. The van der Waals surface area contributed by atoms with Crippen molar-refractivity contribution in [2.24, 2.45) is 5.73 Å². The van der Waals surface area contributed by atoms with Crippen LogP contribution in [0.1, 0.15) is 89.9 Å². The van der Waals surface area contributed by atoms with Crippen LogP contribution in [0.2, 0.25) is 0 Å². The first-order valence-electron chi connectivity index (χ1n) is 8.56. The second-order valence-corrected chi connectivity index (χ2v) is 6.39. The van der Waals surface area contributed by atoms with Crippen molar-refractivity contribution in [1.29, 1.82) is 0 Å². The summed E-state index contributed by atoms with van der Waals surface area (Å²) in [6.07, 6.45) is 16.8. The maximum absolute atomic E-state index is 11.9. The van der Waals surface area contributed by atoms with Gasteiger partial charge in [-0.3, -0.25) is 4.79 Å². The molecule has 0 aromatic rings. The molecule has 0 saturated heterocycles. The summed E-state index contributed by atoms with van der Waals surface area (Å²) >= 11 is 0. The molecule has 3 nitrogen and oxygen atoms in total. The third kappa shape index (κ3) is 6.74. The summed E-state index contributed by atoms with van der Waals surface area (Å²) in [5.41, 5.74) is 5.58. The molecule has 0 amide bonds. The smallest absolute Gasteiger partial charge is 0.325 e. The minimum absolute atomic E-state index is 0.221. The number of hydrogen-bond donors (Lipinski definition) is 1. The van der Waals surface area contributed by atoms with Crippen molar-refractivity contribution in [2.45, 2.75) is 95.4 Å². The average molecular weight is 283 g/mol. The molecule has 2 N–H and O–H groups in total. The fraction of sp³-hybridized carbons (Fsp3) is 0.941. The minimum atomic E-state index is -0.741. The van der Waals surface area contributed by atoms with Crippen molar-refractivity contribution in [3.63, 3.8) is 0 Å². The zero-order valence-corrected chi connectivity index (χ0v) is 13.3. The highest BCUT2D eigenvalue weighted by molar-refractivity contribution is 5.80. The van der Waals surface area contributed by atoms with Gasteiger partial charge in [0.25, 0.3) is 0 Å². The standard InChI is InChI=1S/C17H33NO2/c1-20-16(19)17(18)14-12-10-8-6-4-2-3-5-7-9-11-13-15-17/h2-15,18H2,1H3. The van der Waals surface area contributed by atoms with Crippen LogP contribution >= 0.6 is 0 Å². The average Bonchev–Trinajstić information content (AvgIpc) is 2.46. The summed E-state index contributed by atoms with van der Waals surface area (Å²) in [7, 11) is 1.45. The van der Waals surface area contributed by atoms with E-state index in [0.717, 1.165) is 25.7 Å². The zero-order chi connectivity index (χ0) is 14.7. The van der Waals surface area contributed by atoms with Crippen molar-refractivity contribution in [1.82, 2.24) is 0 Å². The SMILES string of the molecule is COC(=O)C1(N)CCCCCCCCCCCCCC1. The van der Waals surface area contributed by atoms with E-state index in [2.05, 4.69) is 0 Å². The van der Waals surface area contributed by atoms with Gasteiger partial charge in [-0.05, 0) is 12.8 Å². The van der Waals surface area contributed by atoms with Crippen LogP contribution in [0, 0.1) is 0 Å². The predicted molar refractivity (Wildman–Crippen MR) is 83.6 cm³/mol. The Balaban J connectivity index is 2.46. The Morgan fingerprint density at radius 1 is 0.750 bits per heavy atom. The van der Waals surface area contributed by atoms with E-state index in [9.17, 15) is 4.79 Å². The molecule has 1 aliphatic rings. The maximum Gasteiger partial charge on any atom is 0.325 e. The molecule has 0 bridgehead atoms. The summed E-state index contributed by atoms with van der Waals surface area (Å²) in [6, 6.07) is 0. The second kappa shape index (κ2) is 10.2. The Labute approximate surface area is 124 Å². The second-order valence-electron chi connectivity index (χ2n) is 6.39. The Bertz CT molecular complexity index is 250. The summed E-state index contributed by atoms with van der Waals surface area (Å²) in [5, 5.41) is 0. The first-order valence-corrected chi connectivity index (χ1v) is 8.56. The molecule has 0 aromatic heterocycles. The molecule has 0 heterocycles. The number of nitrogens with two attached hydrogens (primary N) is 1. The first kappa shape index (κ1) is 17.5. The quantitative estimate of drug-likeness (QED) is 0.729. The van der Waals surface area contributed by atoms with E-state index in [1.807, 2.05) is 0 Å². The molecule has 0 spiro atoms. The fourth-order valence-corrected chi connectivity index (χ4v) is 3.18. The maximum atomic E-state index is 11.9. The molecule has 1 fully saturated rings. The van der Waals surface area contributed by atoms with Crippen molar-refractivity contribution in [3.05, 3.63) is 0 Å². The Morgan fingerprint density at radius 2 is 1.05 bits per heavy atom. The summed E-state index contributed by atoms with van der Waals surface area (Å²) in [4.78, 5) is 11.9. The zero-order valence-electron chi connectivity index (χ0n) is 13.3. The molecule has 1 rings (SSSR count). The van der Waals surface area contributed by atoms with Crippen LogP contribution in [-0.4, -0.2) is 18.6 Å². The minimum Gasteiger partial charge on any atom is -0.468 e. The van der Waals surface area contributed by atoms with Crippen LogP contribution in [0.4, 0.5) is 0 Å². The Kier molecular flexibility index (Phi) is 8.92. The third-order valence-corrected chi connectivity index (χ3v) is 4.59. The van der Waals surface area contributed by atoms with Gasteiger partial charge in [0.05, 0.1) is 7.11 Å². The lowest BCUT2D eigenvalue weighted by molar-refractivity contribution is -0.147. The molecule has 0 radical (unpaired) electrons. The van der Waals surface area contributed by atoms with Crippen LogP contribution in [0.15, 0.2) is 0 Å². The first-order chi connectivity index (χ1) is 9.69. The van der Waals surface area contributed by atoms with Crippen LogP contribution in [0.5, 0.6) is 0 Å². The number of hydrogen-bond acceptors (Lipinski definition) is 3.